The number of benzene rings is 2. The van der Waals surface area contributed by atoms with Gasteiger partial charge < -0.3 is 4.74 Å². The Morgan fingerprint density at radius 3 is 2.37 bits per heavy atom. The largest absolute Gasteiger partial charge is 0.374 e. The van der Waals surface area contributed by atoms with Crippen LogP contribution in [-0.2, 0) is 16.1 Å². The van der Waals surface area contributed by atoms with Gasteiger partial charge in [0.25, 0.3) is 0 Å². The third-order valence-corrected chi connectivity index (χ3v) is 5.36. The molecule has 4 heteroatoms. The summed E-state index contributed by atoms with van der Waals surface area (Å²) >= 11 is 0. The fourth-order valence-corrected chi connectivity index (χ4v) is 3.83. The number of hydrogen-bond donors (Lipinski definition) is 0. The van der Waals surface area contributed by atoms with Crippen molar-refractivity contribution in [1.29, 1.82) is 0 Å². The lowest BCUT2D eigenvalue weighted by atomic mass is 9.72. The van der Waals surface area contributed by atoms with E-state index in [1.165, 1.54) is 24.3 Å². The van der Waals surface area contributed by atoms with Crippen molar-refractivity contribution in [2.45, 2.75) is 45.3 Å². The molecule has 0 N–H and O–H groups in total. The lowest BCUT2D eigenvalue weighted by Crippen LogP contribution is -2.38. The topological polar surface area (TPSA) is 43.4 Å². The Kier molecular flexibility index (Phi) is 6.51. The molecule has 3 rings (SSSR count). The van der Waals surface area contributed by atoms with Gasteiger partial charge in [-0.05, 0) is 49.1 Å². The molecule has 1 aliphatic carbocycles. The summed E-state index contributed by atoms with van der Waals surface area (Å²) in [5, 5.41) is 0. The molecule has 0 radical (unpaired) electrons. The minimum atomic E-state index is -0.370. The standard InChI is InChI=1S/C23H25FO3/c1-2-22(25)21-14-19(27-15-16-6-4-3-5-7-16)12-13-20(21)23(26)17-8-10-18(24)11-9-17/h3-11,19-21H,2,12-15H2,1H3/t19-,20?,21+/m0/s1. The highest BCUT2D eigenvalue weighted by molar-refractivity contribution is 6.00. The van der Waals surface area contributed by atoms with E-state index in [2.05, 4.69) is 0 Å². The molecule has 1 unspecified atom stereocenters. The van der Waals surface area contributed by atoms with Gasteiger partial charge in [-0.2, -0.15) is 0 Å². The van der Waals surface area contributed by atoms with Crippen molar-refractivity contribution in [3.05, 3.63) is 71.5 Å². The second-order valence-corrected chi connectivity index (χ2v) is 7.14. The van der Waals surface area contributed by atoms with E-state index in [1.54, 1.807) is 0 Å². The van der Waals surface area contributed by atoms with E-state index >= 15 is 0 Å². The third-order valence-electron chi connectivity index (χ3n) is 5.36. The fourth-order valence-electron chi connectivity index (χ4n) is 3.83. The Labute approximate surface area is 159 Å². The van der Waals surface area contributed by atoms with Gasteiger partial charge in [-0.1, -0.05) is 37.3 Å². The highest BCUT2D eigenvalue weighted by atomic mass is 19.1. The Hall–Kier alpha value is -2.33. The Morgan fingerprint density at radius 2 is 1.70 bits per heavy atom. The normalized spacial score (nSPS) is 22.4. The van der Waals surface area contributed by atoms with Crippen LogP contribution in [0.25, 0.3) is 0 Å². The monoisotopic (exact) mass is 368 g/mol. The van der Waals surface area contributed by atoms with E-state index in [-0.39, 0.29) is 35.3 Å². The molecule has 0 saturated heterocycles. The van der Waals surface area contributed by atoms with Crippen molar-refractivity contribution >= 4 is 11.6 Å². The van der Waals surface area contributed by atoms with Crippen molar-refractivity contribution in [3.63, 3.8) is 0 Å². The molecule has 142 valence electrons. The average Bonchev–Trinajstić information content (AvgIpc) is 2.72. The smallest absolute Gasteiger partial charge is 0.166 e. The molecule has 0 aromatic heterocycles. The van der Waals surface area contributed by atoms with Gasteiger partial charge in [0.1, 0.15) is 11.6 Å². The van der Waals surface area contributed by atoms with Gasteiger partial charge in [-0.3, -0.25) is 9.59 Å². The lowest BCUT2D eigenvalue weighted by Gasteiger charge is -2.34. The van der Waals surface area contributed by atoms with Gasteiger partial charge in [0.2, 0.25) is 0 Å². The summed E-state index contributed by atoms with van der Waals surface area (Å²) in [6.07, 6.45) is 2.31. The molecule has 27 heavy (non-hydrogen) atoms. The minimum absolute atomic E-state index is 0.0250. The molecule has 0 amide bonds. The predicted molar refractivity (Wildman–Crippen MR) is 102 cm³/mol. The van der Waals surface area contributed by atoms with Crippen LogP contribution in [0.1, 0.15) is 48.5 Å². The van der Waals surface area contributed by atoms with Crippen LogP contribution in [0.4, 0.5) is 4.39 Å². The number of ketones is 2. The highest BCUT2D eigenvalue weighted by Crippen LogP contribution is 2.35. The van der Waals surface area contributed by atoms with Gasteiger partial charge >= 0.3 is 0 Å². The van der Waals surface area contributed by atoms with Gasteiger partial charge in [0.05, 0.1) is 12.7 Å². The second-order valence-electron chi connectivity index (χ2n) is 7.14. The van der Waals surface area contributed by atoms with Crippen LogP contribution in [0.5, 0.6) is 0 Å². The fraction of sp³-hybridized carbons (Fsp3) is 0.391. The van der Waals surface area contributed by atoms with Crippen LogP contribution < -0.4 is 0 Å². The summed E-state index contributed by atoms with van der Waals surface area (Å²) in [5.41, 5.74) is 1.57. The maximum absolute atomic E-state index is 13.1. The number of ether oxygens (including phenoxy) is 1. The second kappa shape index (κ2) is 9.05. The van der Waals surface area contributed by atoms with E-state index in [0.717, 1.165) is 12.0 Å². The van der Waals surface area contributed by atoms with Crippen LogP contribution in [0.15, 0.2) is 54.6 Å². The Morgan fingerprint density at radius 1 is 1.00 bits per heavy atom. The van der Waals surface area contributed by atoms with Crippen molar-refractivity contribution < 1.29 is 18.7 Å². The zero-order chi connectivity index (χ0) is 19.2. The third kappa shape index (κ3) is 4.89. The van der Waals surface area contributed by atoms with Gasteiger partial charge in [-0.25, -0.2) is 4.39 Å². The Bertz CT molecular complexity index is 770. The highest BCUT2D eigenvalue weighted by Gasteiger charge is 2.39. The molecule has 1 fully saturated rings. The van der Waals surface area contributed by atoms with Gasteiger partial charge in [-0.15, -0.1) is 0 Å². The molecule has 3 nitrogen and oxygen atoms in total. The quantitative estimate of drug-likeness (QED) is 0.647. The number of carbonyl (C=O) groups is 2. The summed E-state index contributed by atoms with van der Waals surface area (Å²) in [6.45, 7) is 2.34. The van der Waals surface area contributed by atoms with Crippen LogP contribution in [-0.4, -0.2) is 17.7 Å². The van der Waals surface area contributed by atoms with E-state index in [1.807, 2.05) is 37.3 Å². The zero-order valence-corrected chi connectivity index (χ0v) is 15.6. The molecule has 1 aliphatic rings. The zero-order valence-electron chi connectivity index (χ0n) is 15.6. The summed E-state index contributed by atoms with van der Waals surface area (Å²) in [6, 6.07) is 15.5. The van der Waals surface area contributed by atoms with E-state index in [0.29, 0.717) is 31.4 Å². The van der Waals surface area contributed by atoms with E-state index in [4.69, 9.17) is 4.74 Å². The first-order chi connectivity index (χ1) is 13.1. The minimum Gasteiger partial charge on any atom is -0.374 e. The number of carbonyl (C=O) groups excluding carboxylic acids is 2. The molecule has 0 heterocycles. The number of halogens is 1. The van der Waals surface area contributed by atoms with E-state index in [9.17, 15) is 14.0 Å². The molecule has 3 atom stereocenters. The molecule has 1 saturated carbocycles. The summed E-state index contributed by atoms with van der Waals surface area (Å²) < 4.78 is 19.2. The summed E-state index contributed by atoms with van der Waals surface area (Å²) in [7, 11) is 0. The molecule has 2 aromatic rings. The number of rotatable bonds is 7. The first-order valence-corrected chi connectivity index (χ1v) is 9.56. The van der Waals surface area contributed by atoms with Gasteiger partial charge in [0, 0.05) is 23.8 Å². The van der Waals surface area contributed by atoms with Crippen LogP contribution >= 0.6 is 0 Å². The number of Topliss-reactive ketones (excluding diaryl/α,β-unsaturated/α-hetero) is 2. The van der Waals surface area contributed by atoms with Gasteiger partial charge in [0.15, 0.2) is 5.78 Å². The van der Waals surface area contributed by atoms with Crippen LogP contribution in [0.2, 0.25) is 0 Å². The van der Waals surface area contributed by atoms with E-state index < -0.39 is 0 Å². The maximum Gasteiger partial charge on any atom is 0.166 e. The summed E-state index contributed by atoms with van der Waals surface area (Å²) in [4.78, 5) is 25.4. The molecular weight excluding hydrogens is 343 g/mol. The first-order valence-electron chi connectivity index (χ1n) is 9.56. The van der Waals surface area contributed by atoms with Crippen molar-refractivity contribution in [3.8, 4) is 0 Å². The molecule has 0 aliphatic heterocycles. The lowest BCUT2D eigenvalue weighted by molar-refractivity contribution is -0.127. The maximum atomic E-state index is 13.1. The first kappa shape index (κ1) is 19.4. The predicted octanol–water partition coefficient (Wildman–Crippen LogP) is 4.99. The summed E-state index contributed by atoms with van der Waals surface area (Å²) in [5.74, 6) is -1.01. The van der Waals surface area contributed by atoms with Crippen molar-refractivity contribution in [1.82, 2.24) is 0 Å². The molecule has 0 spiro atoms. The molecular formula is C23H25FO3. The van der Waals surface area contributed by atoms with Crippen molar-refractivity contribution in [2.75, 3.05) is 0 Å². The van der Waals surface area contributed by atoms with Crippen LogP contribution in [0, 0.1) is 17.7 Å². The van der Waals surface area contributed by atoms with Crippen LogP contribution in [0.3, 0.4) is 0 Å². The number of hydrogen-bond acceptors (Lipinski definition) is 3. The molecule has 0 bridgehead atoms. The molecule has 2 aromatic carbocycles. The average molecular weight is 368 g/mol. The van der Waals surface area contributed by atoms with Crippen molar-refractivity contribution in [2.24, 2.45) is 11.8 Å². The Balaban J connectivity index is 1.68. The SMILES string of the molecule is CCC(=O)[C@@H]1C[C@@H](OCc2ccccc2)CCC1C(=O)c1ccc(F)cc1.